The van der Waals surface area contributed by atoms with E-state index in [1.165, 1.54) is 0 Å². The van der Waals surface area contributed by atoms with E-state index in [9.17, 15) is 16.8 Å². The third-order valence-electron chi connectivity index (χ3n) is 3.15. The Bertz CT molecular complexity index is 540. The highest BCUT2D eigenvalue weighted by atomic mass is 32.3. The minimum absolute atomic E-state index is 0.159. The average Bonchev–Trinajstić information content (AvgIpc) is 2.23. The molecule has 2 heterocycles. The summed E-state index contributed by atoms with van der Waals surface area (Å²) in [6, 6.07) is 0. The quantitative estimate of drug-likeness (QED) is 0.742. The van der Waals surface area contributed by atoms with E-state index in [0.29, 0.717) is 19.3 Å². The molecule has 0 bridgehead atoms. The molecule has 0 aliphatic carbocycles. The highest BCUT2D eigenvalue weighted by Gasteiger charge is 2.38. The van der Waals surface area contributed by atoms with Crippen LogP contribution in [0.15, 0.2) is 0 Å². The standard InChI is InChI=1S/C10H18O8S2/c1-3-8-5-10(18-20(13,14)16-8)6-9-4-7(2)15-19(11,12)17-9/h7-10H,3-6H2,1-2H3. The van der Waals surface area contributed by atoms with Crippen molar-refractivity contribution in [2.75, 3.05) is 0 Å². The van der Waals surface area contributed by atoms with Gasteiger partial charge in [0.1, 0.15) is 0 Å². The van der Waals surface area contributed by atoms with Crippen molar-refractivity contribution in [2.24, 2.45) is 0 Å². The Morgan fingerprint density at radius 3 is 1.90 bits per heavy atom. The van der Waals surface area contributed by atoms with Gasteiger partial charge in [0.05, 0.1) is 24.4 Å². The molecule has 2 rings (SSSR count). The minimum Gasteiger partial charge on any atom is -0.245 e. The molecule has 10 heteroatoms. The Morgan fingerprint density at radius 2 is 1.35 bits per heavy atom. The van der Waals surface area contributed by atoms with Gasteiger partial charge in [0.25, 0.3) is 0 Å². The first-order valence-corrected chi connectivity index (χ1v) is 9.09. The van der Waals surface area contributed by atoms with Crippen molar-refractivity contribution in [1.82, 2.24) is 0 Å². The van der Waals surface area contributed by atoms with Gasteiger partial charge in [-0.3, -0.25) is 0 Å². The molecular formula is C10H18O8S2. The normalized spacial score (nSPS) is 40.3. The van der Waals surface area contributed by atoms with Crippen LogP contribution >= 0.6 is 0 Å². The zero-order valence-electron chi connectivity index (χ0n) is 11.2. The first-order chi connectivity index (χ1) is 9.19. The molecule has 20 heavy (non-hydrogen) atoms. The molecular weight excluding hydrogens is 312 g/mol. The van der Waals surface area contributed by atoms with E-state index in [1.54, 1.807) is 13.8 Å². The van der Waals surface area contributed by atoms with Crippen molar-refractivity contribution in [1.29, 1.82) is 0 Å². The summed E-state index contributed by atoms with van der Waals surface area (Å²) in [5, 5.41) is 0. The predicted octanol–water partition coefficient (Wildman–Crippen LogP) is 0.644. The topological polar surface area (TPSA) is 105 Å². The maximum absolute atomic E-state index is 11.4. The number of hydrogen-bond acceptors (Lipinski definition) is 8. The van der Waals surface area contributed by atoms with Crippen LogP contribution in [0.5, 0.6) is 0 Å². The van der Waals surface area contributed by atoms with E-state index in [0.717, 1.165) is 0 Å². The van der Waals surface area contributed by atoms with Crippen LogP contribution in [0.3, 0.4) is 0 Å². The Hall–Kier alpha value is -0.260. The molecule has 0 radical (unpaired) electrons. The van der Waals surface area contributed by atoms with E-state index >= 15 is 0 Å². The van der Waals surface area contributed by atoms with Gasteiger partial charge in [-0.15, -0.1) is 0 Å². The summed E-state index contributed by atoms with van der Waals surface area (Å²) in [6.07, 6.45) is -0.829. The van der Waals surface area contributed by atoms with Crippen molar-refractivity contribution >= 4 is 20.8 Å². The lowest BCUT2D eigenvalue weighted by Crippen LogP contribution is -2.40. The van der Waals surface area contributed by atoms with Crippen molar-refractivity contribution < 1.29 is 33.6 Å². The molecule has 0 N–H and O–H groups in total. The molecule has 2 aliphatic heterocycles. The van der Waals surface area contributed by atoms with Gasteiger partial charge in [-0.25, -0.2) is 16.7 Å². The van der Waals surface area contributed by atoms with Crippen LogP contribution in [0.2, 0.25) is 0 Å². The van der Waals surface area contributed by atoms with Crippen LogP contribution in [-0.4, -0.2) is 41.3 Å². The monoisotopic (exact) mass is 330 g/mol. The van der Waals surface area contributed by atoms with Gasteiger partial charge < -0.3 is 0 Å². The Kier molecular flexibility index (Phi) is 4.72. The highest BCUT2D eigenvalue weighted by Crippen LogP contribution is 2.29. The molecule has 0 saturated carbocycles. The van der Waals surface area contributed by atoms with Gasteiger partial charge >= 0.3 is 20.8 Å². The molecule has 2 fully saturated rings. The Labute approximate surface area is 119 Å². The van der Waals surface area contributed by atoms with Gasteiger partial charge in [-0.2, -0.15) is 16.8 Å². The van der Waals surface area contributed by atoms with Crippen LogP contribution < -0.4 is 0 Å². The largest absolute Gasteiger partial charge is 0.400 e. The van der Waals surface area contributed by atoms with Crippen LogP contribution in [0.1, 0.15) is 39.5 Å². The smallest absolute Gasteiger partial charge is 0.245 e. The van der Waals surface area contributed by atoms with E-state index < -0.39 is 45.2 Å². The second-order valence-corrected chi connectivity index (χ2v) is 7.40. The number of hydrogen-bond donors (Lipinski definition) is 0. The zero-order valence-corrected chi connectivity index (χ0v) is 12.9. The molecule has 0 aromatic heterocycles. The lowest BCUT2D eigenvalue weighted by atomic mass is 10.0. The van der Waals surface area contributed by atoms with Crippen molar-refractivity contribution in [3.05, 3.63) is 0 Å². The molecule has 0 amide bonds. The van der Waals surface area contributed by atoms with E-state index in [2.05, 4.69) is 4.18 Å². The van der Waals surface area contributed by atoms with Crippen molar-refractivity contribution in [3.63, 3.8) is 0 Å². The molecule has 8 nitrogen and oxygen atoms in total. The second-order valence-electron chi connectivity index (χ2n) is 4.99. The van der Waals surface area contributed by atoms with Gasteiger partial charge in [0.15, 0.2) is 0 Å². The molecule has 4 atom stereocenters. The zero-order chi connectivity index (χ0) is 15.0. The van der Waals surface area contributed by atoms with Crippen molar-refractivity contribution in [3.8, 4) is 0 Å². The van der Waals surface area contributed by atoms with Crippen molar-refractivity contribution in [2.45, 2.75) is 63.9 Å². The molecule has 2 aliphatic rings. The van der Waals surface area contributed by atoms with Crippen LogP contribution in [-0.2, 0) is 37.5 Å². The summed E-state index contributed by atoms with van der Waals surface area (Å²) in [4.78, 5) is 0. The third-order valence-corrected chi connectivity index (χ3v) is 5.23. The third kappa shape index (κ3) is 4.37. The maximum Gasteiger partial charge on any atom is 0.400 e. The molecule has 118 valence electrons. The summed E-state index contributed by atoms with van der Waals surface area (Å²) in [7, 11) is -8.04. The van der Waals surface area contributed by atoms with Gasteiger partial charge in [-0.05, 0) is 13.3 Å². The van der Waals surface area contributed by atoms with Gasteiger partial charge in [-0.1, -0.05) is 6.92 Å². The van der Waals surface area contributed by atoms with E-state index in [-0.39, 0.29) is 6.42 Å². The summed E-state index contributed by atoms with van der Waals surface area (Å²) in [5.41, 5.74) is 0. The summed E-state index contributed by atoms with van der Waals surface area (Å²) in [6.45, 7) is 3.42. The first kappa shape index (κ1) is 16.1. The van der Waals surface area contributed by atoms with E-state index in [4.69, 9.17) is 12.5 Å². The maximum atomic E-state index is 11.4. The molecule has 0 spiro atoms. The first-order valence-electron chi connectivity index (χ1n) is 6.42. The second kappa shape index (κ2) is 5.85. The van der Waals surface area contributed by atoms with Crippen LogP contribution in [0.4, 0.5) is 0 Å². The van der Waals surface area contributed by atoms with Crippen LogP contribution in [0.25, 0.3) is 0 Å². The van der Waals surface area contributed by atoms with Gasteiger partial charge in [0, 0.05) is 19.3 Å². The minimum atomic E-state index is -4.02. The predicted molar refractivity (Wildman–Crippen MR) is 67.1 cm³/mol. The average molecular weight is 330 g/mol. The SMILES string of the molecule is CCC1CC(CC2CC(C)OS(=O)(=O)O2)OS(=O)(=O)O1. The van der Waals surface area contributed by atoms with E-state index in [1.807, 2.05) is 0 Å². The fraction of sp³-hybridized carbons (Fsp3) is 1.00. The lowest BCUT2D eigenvalue weighted by molar-refractivity contribution is -0.00769. The van der Waals surface area contributed by atoms with Crippen LogP contribution in [0, 0.1) is 0 Å². The fourth-order valence-electron chi connectivity index (χ4n) is 2.37. The summed E-state index contributed by atoms with van der Waals surface area (Å²) >= 11 is 0. The molecule has 2 saturated heterocycles. The summed E-state index contributed by atoms with van der Waals surface area (Å²) < 4.78 is 64.6. The molecule has 4 unspecified atom stereocenters. The molecule has 0 aromatic carbocycles. The highest BCUT2D eigenvalue weighted by molar-refractivity contribution is 7.82. The summed E-state index contributed by atoms with van der Waals surface area (Å²) in [5.74, 6) is 0. The fourth-order valence-corrected chi connectivity index (χ4v) is 4.47. The Morgan fingerprint density at radius 1 is 0.850 bits per heavy atom. The Balaban J connectivity index is 2.02. The lowest BCUT2D eigenvalue weighted by Gasteiger charge is -2.32. The van der Waals surface area contributed by atoms with Gasteiger partial charge in [0.2, 0.25) is 0 Å². The molecule has 0 aromatic rings. The number of rotatable bonds is 3.